The first kappa shape index (κ1) is 12.3. The zero-order valence-corrected chi connectivity index (χ0v) is 10.5. The average Bonchev–Trinajstić information content (AvgIpc) is 2.65. The highest BCUT2D eigenvalue weighted by Gasteiger charge is 2.72. The van der Waals surface area contributed by atoms with Gasteiger partial charge in [0.1, 0.15) is 0 Å². The van der Waals surface area contributed by atoms with E-state index in [-0.39, 0.29) is 17.5 Å². The topological polar surface area (TPSA) is 60.4 Å². The number of ether oxygens (including phenoxy) is 1. The highest BCUT2D eigenvalue weighted by molar-refractivity contribution is 6.44. The lowest BCUT2D eigenvalue weighted by molar-refractivity contribution is -0.163. The Morgan fingerprint density at radius 1 is 1.41 bits per heavy atom. The lowest BCUT2D eigenvalue weighted by atomic mass is 9.69. The predicted octanol–water partition coefficient (Wildman–Crippen LogP) is 1.51. The second kappa shape index (κ2) is 3.65. The maximum Gasteiger partial charge on any atom is 0.313 e. The normalized spacial score (nSPS) is 39.8. The van der Waals surface area contributed by atoms with E-state index < -0.39 is 16.7 Å². The Morgan fingerprint density at radius 3 is 2.53 bits per heavy atom. The molecule has 3 atom stereocenters. The van der Waals surface area contributed by atoms with Gasteiger partial charge in [0.25, 0.3) is 0 Å². The van der Waals surface area contributed by atoms with Crippen molar-refractivity contribution in [2.24, 2.45) is 16.7 Å². The van der Waals surface area contributed by atoms with Crippen LogP contribution in [-0.4, -0.2) is 24.1 Å². The lowest BCUT2D eigenvalue weighted by Gasteiger charge is -2.32. The zero-order chi connectivity index (χ0) is 12.8. The van der Waals surface area contributed by atoms with Crippen LogP contribution in [0.15, 0.2) is 0 Å². The van der Waals surface area contributed by atoms with Crippen LogP contribution in [0.4, 0.5) is 0 Å². The Balaban J connectivity index is 2.35. The smallest absolute Gasteiger partial charge is 0.313 e. The molecule has 0 amide bonds. The van der Waals surface area contributed by atoms with Gasteiger partial charge >= 0.3 is 5.97 Å². The van der Waals surface area contributed by atoms with Crippen LogP contribution in [0.2, 0.25) is 0 Å². The number of fused-ring (bicyclic) bond motifs is 2. The summed E-state index contributed by atoms with van der Waals surface area (Å²) in [5.74, 6) is -1.62. The van der Waals surface area contributed by atoms with E-state index in [0.717, 1.165) is 6.42 Å². The summed E-state index contributed by atoms with van der Waals surface area (Å²) in [4.78, 5) is 35.9. The third kappa shape index (κ3) is 1.27. The number of carbonyl (C=O) groups excluding carboxylic acids is 3. The highest BCUT2D eigenvalue weighted by atomic mass is 16.5. The van der Waals surface area contributed by atoms with Gasteiger partial charge < -0.3 is 4.74 Å². The van der Waals surface area contributed by atoms with Gasteiger partial charge in [-0.15, -0.1) is 0 Å². The molecule has 4 heteroatoms. The molecule has 0 aromatic heterocycles. The molecule has 94 valence electrons. The highest BCUT2D eigenvalue weighted by Crippen LogP contribution is 2.62. The van der Waals surface area contributed by atoms with Gasteiger partial charge in [0.15, 0.2) is 0 Å². The van der Waals surface area contributed by atoms with Gasteiger partial charge in [-0.3, -0.25) is 14.4 Å². The van der Waals surface area contributed by atoms with Crippen LogP contribution < -0.4 is 0 Å². The molecule has 4 nitrogen and oxygen atoms in total. The minimum Gasteiger partial charge on any atom is -0.465 e. The minimum atomic E-state index is -0.948. The van der Waals surface area contributed by atoms with Crippen molar-refractivity contribution in [3.8, 4) is 0 Å². The molecule has 0 saturated heterocycles. The number of ketones is 2. The second-order valence-electron chi connectivity index (χ2n) is 5.46. The van der Waals surface area contributed by atoms with Crippen LogP contribution in [0.1, 0.15) is 40.0 Å². The minimum absolute atomic E-state index is 0.347. The van der Waals surface area contributed by atoms with Crippen LogP contribution >= 0.6 is 0 Å². The van der Waals surface area contributed by atoms with E-state index in [1.54, 1.807) is 13.8 Å². The lowest BCUT2D eigenvalue weighted by Crippen LogP contribution is -2.42. The molecule has 2 saturated carbocycles. The van der Waals surface area contributed by atoms with Crippen molar-refractivity contribution in [1.82, 2.24) is 0 Å². The number of hydrogen-bond acceptors (Lipinski definition) is 4. The fourth-order valence-corrected chi connectivity index (χ4v) is 3.25. The van der Waals surface area contributed by atoms with Gasteiger partial charge in [0.05, 0.1) is 17.4 Å². The maximum atomic E-state index is 12.2. The summed E-state index contributed by atoms with van der Waals surface area (Å²) in [6.45, 7) is 5.70. The van der Waals surface area contributed by atoms with E-state index in [1.807, 2.05) is 6.92 Å². The molecule has 3 unspecified atom stereocenters. The molecule has 2 rings (SSSR count). The molecule has 0 N–H and O–H groups in total. The number of esters is 1. The third-order valence-corrected chi connectivity index (χ3v) is 4.68. The van der Waals surface area contributed by atoms with E-state index in [4.69, 9.17) is 4.74 Å². The second-order valence-corrected chi connectivity index (χ2v) is 5.46. The molecule has 2 aliphatic carbocycles. The van der Waals surface area contributed by atoms with Crippen molar-refractivity contribution in [3.63, 3.8) is 0 Å². The molecular weight excluding hydrogens is 220 g/mol. The van der Waals surface area contributed by atoms with Gasteiger partial charge in [-0.25, -0.2) is 0 Å². The summed E-state index contributed by atoms with van der Waals surface area (Å²) in [5.41, 5.74) is -1.80. The fourth-order valence-electron chi connectivity index (χ4n) is 3.25. The van der Waals surface area contributed by atoms with Crippen LogP contribution in [0.5, 0.6) is 0 Å². The van der Waals surface area contributed by atoms with Crippen LogP contribution in [0.3, 0.4) is 0 Å². The van der Waals surface area contributed by atoms with Gasteiger partial charge in [-0.2, -0.15) is 0 Å². The molecule has 2 bridgehead atoms. The quantitative estimate of drug-likeness (QED) is 0.552. The van der Waals surface area contributed by atoms with Crippen molar-refractivity contribution >= 4 is 17.5 Å². The molecule has 0 spiro atoms. The molecule has 0 heterocycles. The standard InChI is InChI=1S/C13H18O4/c1-4-7-17-11(16)13(3)8-5-6-12(13,2)10(15)9(8)14/h8H,4-7H2,1-3H3. The molecule has 0 aromatic rings. The van der Waals surface area contributed by atoms with Gasteiger partial charge in [0, 0.05) is 5.92 Å². The summed E-state index contributed by atoms with van der Waals surface area (Å²) in [6.07, 6.45) is 1.98. The Labute approximate surface area is 101 Å². The SMILES string of the molecule is CCCOC(=O)C1(C)C2CCC1(C)C(=O)C2=O. The average molecular weight is 238 g/mol. The molecule has 0 radical (unpaired) electrons. The van der Waals surface area contributed by atoms with Crippen molar-refractivity contribution in [2.45, 2.75) is 40.0 Å². The van der Waals surface area contributed by atoms with Gasteiger partial charge in [-0.05, 0) is 26.2 Å². The van der Waals surface area contributed by atoms with Crippen LogP contribution in [-0.2, 0) is 19.1 Å². The summed E-state index contributed by atoms with van der Waals surface area (Å²) >= 11 is 0. The molecule has 17 heavy (non-hydrogen) atoms. The first-order chi connectivity index (χ1) is 7.89. The Morgan fingerprint density at radius 2 is 2.06 bits per heavy atom. The number of rotatable bonds is 3. The van der Waals surface area contributed by atoms with E-state index in [9.17, 15) is 14.4 Å². The van der Waals surface area contributed by atoms with Crippen LogP contribution in [0.25, 0.3) is 0 Å². The van der Waals surface area contributed by atoms with Crippen molar-refractivity contribution in [3.05, 3.63) is 0 Å². The Kier molecular flexibility index (Phi) is 2.64. The Hall–Kier alpha value is -1.19. The zero-order valence-electron chi connectivity index (χ0n) is 10.5. The van der Waals surface area contributed by atoms with E-state index in [1.165, 1.54) is 0 Å². The number of Topliss-reactive ketones (excluding diaryl/α,β-unsaturated/α-hetero) is 2. The van der Waals surface area contributed by atoms with Crippen LogP contribution in [0, 0.1) is 16.7 Å². The molecule has 0 aliphatic heterocycles. The first-order valence-electron chi connectivity index (χ1n) is 6.15. The number of hydrogen-bond donors (Lipinski definition) is 0. The fraction of sp³-hybridized carbons (Fsp3) is 0.769. The molecule has 0 aromatic carbocycles. The summed E-state index contributed by atoms with van der Waals surface area (Å²) in [5, 5.41) is 0. The summed E-state index contributed by atoms with van der Waals surface area (Å²) < 4.78 is 5.18. The summed E-state index contributed by atoms with van der Waals surface area (Å²) in [6, 6.07) is 0. The largest absolute Gasteiger partial charge is 0.465 e. The van der Waals surface area contributed by atoms with Gasteiger partial charge in [0.2, 0.25) is 11.6 Å². The maximum absolute atomic E-state index is 12.2. The first-order valence-corrected chi connectivity index (χ1v) is 6.15. The van der Waals surface area contributed by atoms with Gasteiger partial charge in [-0.1, -0.05) is 13.8 Å². The predicted molar refractivity (Wildman–Crippen MR) is 60.2 cm³/mol. The van der Waals surface area contributed by atoms with E-state index in [2.05, 4.69) is 0 Å². The van der Waals surface area contributed by atoms with Crippen molar-refractivity contribution < 1.29 is 19.1 Å². The summed E-state index contributed by atoms with van der Waals surface area (Å²) in [7, 11) is 0. The number of carbonyl (C=O) groups is 3. The van der Waals surface area contributed by atoms with E-state index in [0.29, 0.717) is 19.4 Å². The third-order valence-electron chi connectivity index (χ3n) is 4.68. The monoisotopic (exact) mass is 238 g/mol. The van der Waals surface area contributed by atoms with Crippen molar-refractivity contribution in [1.29, 1.82) is 0 Å². The molecule has 2 aliphatic rings. The molecular formula is C13H18O4. The Bertz CT molecular complexity index is 400. The molecule has 2 fully saturated rings. The van der Waals surface area contributed by atoms with E-state index >= 15 is 0 Å². The van der Waals surface area contributed by atoms with Crippen molar-refractivity contribution in [2.75, 3.05) is 6.61 Å².